The fourth-order valence-corrected chi connectivity index (χ4v) is 6.69. The molecule has 4 rings (SSSR count). The van der Waals surface area contributed by atoms with Crippen molar-refractivity contribution in [2.45, 2.75) is 37.3 Å². The summed E-state index contributed by atoms with van der Waals surface area (Å²) in [4.78, 5) is 21.0. The highest BCUT2D eigenvalue weighted by Crippen LogP contribution is 2.24. The molecule has 1 aliphatic rings. The maximum Gasteiger partial charge on any atom is 0.264 e. The summed E-state index contributed by atoms with van der Waals surface area (Å²) in [5.74, 6) is -0.635. The van der Waals surface area contributed by atoms with Crippen molar-refractivity contribution < 1.29 is 21.6 Å². The summed E-state index contributed by atoms with van der Waals surface area (Å²) in [5.41, 5.74) is 2.46. The van der Waals surface area contributed by atoms with E-state index in [-0.39, 0.29) is 41.5 Å². The molecule has 0 aliphatic carbocycles. The average Bonchev–Trinajstić information content (AvgIpc) is 2.84. The molecule has 1 aliphatic heterocycles. The van der Waals surface area contributed by atoms with Crippen LogP contribution in [0.2, 0.25) is 0 Å². The molecular formula is C25H29N5O5S2. The molecule has 0 bridgehead atoms. The number of hydrogen-bond acceptors (Lipinski definition) is 7. The number of hydrogen-bond donors (Lipinski definition) is 2. The van der Waals surface area contributed by atoms with Crippen LogP contribution in [0.4, 0.5) is 11.6 Å². The van der Waals surface area contributed by atoms with Crippen molar-refractivity contribution in [1.29, 1.82) is 0 Å². The zero-order valence-corrected chi connectivity index (χ0v) is 22.2. The van der Waals surface area contributed by atoms with Crippen LogP contribution in [0.1, 0.15) is 29.8 Å². The van der Waals surface area contributed by atoms with Gasteiger partial charge in [0.25, 0.3) is 10.0 Å². The molecule has 0 radical (unpaired) electrons. The molecule has 0 atom stereocenters. The first kappa shape index (κ1) is 26.7. The lowest BCUT2D eigenvalue weighted by Gasteiger charge is -2.30. The first-order valence-corrected chi connectivity index (χ1v) is 14.9. The molecule has 12 heteroatoms. The van der Waals surface area contributed by atoms with E-state index in [4.69, 9.17) is 0 Å². The average molecular weight is 544 g/mol. The SMILES string of the molecule is Cc1cc(C)nc(NS(=O)(=O)c2ccc(NC(=O)C3CCN(S(=O)(=O)Cc4ccccc4)CC3)cc2)n1. The predicted octanol–water partition coefficient (Wildman–Crippen LogP) is 3.07. The van der Waals surface area contributed by atoms with Gasteiger partial charge < -0.3 is 5.32 Å². The summed E-state index contributed by atoms with van der Waals surface area (Å²) in [6.07, 6.45) is 0.818. The first-order chi connectivity index (χ1) is 17.5. The fourth-order valence-electron chi connectivity index (χ4n) is 4.18. The van der Waals surface area contributed by atoms with Crippen molar-refractivity contribution in [3.8, 4) is 0 Å². The van der Waals surface area contributed by atoms with Crippen LogP contribution < -0.4 is 10.0 Å². The Morgan fingerprint density at radius 2 is 1.51 bits per heavy atom. The van der Waals surface area contributed by atoms with E-state index in [0.717, 1.165) is 5.56 Å². The molecule has 1 aromatic heterocycles. The van der Waals surface area contributed by atoms with E-state index in [2.05, 4.69) is 20.0 Å². The van der Waals surface area contributed by atoms with Crippen LogP contribution in [0.5, 0.6) is 0 Å². The van der Waals surface area contributed by atoms with Gasteiger partial charge in [-0.05, 0) is 62.6 Å². The molecule has 1 amide bonds. The summed E-state index contributed by atoms with van der Waals surface area (Å²) in [6, 6.07) is 16.5. The number of nitrogens with zero attached hydrogens (tertiary/aromatic N) is 3. The van der Waals surface area contributed by atoms with Crippen LogP contribution in [0.25, 0.3) is 0 Å². The minimum atomic E-state index is -3.91. The van der Waals surface area contributed by atoms with Crippen LogP contribution >= 0.6 is 0 Å². The van der Waals surface area contributed by atoms with Gasteiger partial charge in [0.05, 0.1) is 10.6 Å². The van der Waals surface area contributed by atoms with Gasteiger partial charge in [0.15, 0.2) is 0 Å². The Bertz CT molecular complexity index is 1450. The minimum absolute atomic E-state index is 0.00480. The third-order valence-electron chi connectivity index (χ3n) is 6.05. The molecule has 0 spiro atoms. The normalized spacial score (nSPS) is 15.3. The van der Waals surface area contributed by atoms with Crippen molar-refractivity contribution in [3.05, 3.63) is 77.6 Å². The number of sulfonamides is 2. The smallest absolute Gasteiger partial charge is 0.264 e. The van der Waals surface area contributed by atoms with Crippen LogP contribution in [-0.2, 0) is 30.6 Å². The van der Waals surface area contributed by atoms with Crippen LogP contribution in [0.3, 0.4) is 0 Å². The second kappa shape index (κ2) is 11.0. The second-order valence-electron chi connectivity index (χ2n) is 9.01. The number of aromatic nitrogens is 2. The molecule has 10 nitrogen and oxygen atoms in total. The molecule has 2 aromatic carbocycles. The summed E-state index contributed by atoms with van der Waals surface area (Å²) in [5, 5.41) is 2.80. The van der Waals surface area contributed by atoms with Gasteiger partial charge >= 0.3 is 0 Å². The van der Waals surface area contributed by atoms with Gasteiger partial charge in [-0.3, -0.25) is 4.79 Å². The van der Waals surface area contributed by atoms with Crippen LogP contribution in [0, 0.1) is 19.8 Å². The Kier molecular flexibility index (Phi) is 7.90. The highest BCUT2D eigenvalue weighted by molar-refractivity contribution is 7.92. The maximum absolute atomic E-state index is 12.8. The Morgan fingerprint density at radius 3 is 2.11 bits per heavy atom. The van der Waals surface area contributed by atoms with Crippen molar-refractivity contribution in [2.24, 2.45) is 5.92 Å². The van der Waals surface area contributed by atoms with Crippen LogP contribution in [-0.4, -0.2) is 50.1 Å². The van der Waals surface area contributed by atoms with E-state index < -0.39 is 20.0 Å². The summed E-state index contributed by atoms with van der Waals surface area (Å²) < 4.78 is 54.7. The first-order valence-electron chi connectivity index (χ1n) is 11.8. The zero-order valence-electron chi connectivity index (χ0n) is 20.6. The standard InChI is InChI=1S/C25H29N5O5S2/c1-18-16-19(2)27-25(26-18)29-37(34,35)23-10-8-22(9-11-23)28-24(31)21-12-14-30(15-13-21)36(32,33)17-20-6-4-3-5-7-20/h3-11,16,21H,12-15,17H2,1-2H3,(H,28,31)(H,26,27,29). The van der Waals surface area contributed by atoms with E-state index >= 15 is 0 Å². The van der Waals surface area contributed by atoms with Crippen molar-refractivity contribution in [3.63, 3.8) is 0 Å². The largest absolute Gasteiger partial charge is 0.326 e. The molecule has 1 fully saturated rings. The summed E-state index contributed by atoms with van der Waals surface area (Å²) >= 11 is 0. The zero-order chi connectivity index (χ0) is 26.6. The second-order valence-corrected chi connectivity index (χ2v) is 12.7. The van der Waals surface area contributed by atoms with E-state index in [9.17, 15) is 21.6 Å². The van der Waals surface area contributed by atoms with Crippen molar-refractivity contribution in [2.75, 3.05) is 23.1 Å². The molecule has 3 aromatic rings. The Balaban J connectivity index is 1.32. The van der Waals surface area contributed by atoms with Gasteiger partial charge in [-0.2, -0.15) is 0 Å². The maximum atomic E-state index is 12.8. The Morgan fingerprint density at radius 1 is 0.919 bits per heavy atom. The molecule has 0 unspecified atom stereocenters. The number of piperidine rings is 1. The van der Waals surface area contributed by atoms with E-state index in [1.54, 1.807) is 44.2 Å². The highest BCUT2D eigenvalue weighted by atomic mass is 32.2. The number of amides is 1. The number of nitrogens with one attached hydrogen (secondary N) is 2. The number of anilines is 2. The molecule has 37 heavy (non-hydrogen) atoms. The lowest BCUT2D eigenvalue weighted by atomic mass is 9.97. The van der Waals surface area contributed by atoms with Gasteiger partial charge in [-0.15, -0.1) is 0 Å². The number of carbonyl (C=O) groups is 1. The lowest BCUT2D eigenvalue weighted by molar-refractivity contribution is -0.120. The highest BCUT2D eigenvalue weighted by Gasteiger charge is 2.31. The number of rotatable bonds is 8. The summed E-state index contributed by atoms with van der Waals surface area (Å²) in [7, 11) is -7.37. The number of carbonyl (C=O) groups excluding carboxylic acids is 1. The molecule has 1 saturated heterocycles. The molecule has 2 heterocycles. The third kappa shape index (κ3) is 6.90. The predicted molar refractivity (Wildman–Crippen MR) is 141 cm³/mol. The number of benzene rings is 2. The molecule has 196 valence electrons. The van der Waals surface area contributed by atoms with Gasteiger partial charge in [-0.1, -0.05) is 30.3 Å². The van der Waals surface area contributed by atoms with E-state index in [1.165, 1.54) is 28.6 Å². The molecule has 2 N–H and O–H groups in total. The number of aryl methyl sites for hydroxylation is 2. The Labute approximate surface area is 217 Å². The summed E-state index contributed by atoms with van der Waals surface area (Å²) in [6.45, 7) is 4.04. The van der Waals surface area contributed by atoms with Gasteiger partial charge in [0.1, 0.15) is 0 Å². The Hall–Kier alpha value is -3.35. The van der Waals surface area contributed by atoms with Gasteiger partial charge in [0, 0.05) is 36.1 Å². The fraction of sp³-hybridized carbons (Fsp3) is 0.320. The quantitative estimate of drug-likeness (QED) is 0.445. The van der Waals surface area contributed by atoms with Gasteiger partial charge in [-0.25, -0.2) is 35.8 Å². The van der Waals surface area contributed by atoms with E-state index in [0.29, 0.717) is 29.9 Å². The van der Waals surface area contributed by atoms with Gasteiger partial charge in [0.2, 0.25) is 21.9 Å². The molecular weight excluding hydrogens is 514 g/mol. The van der Waals surface area contributed by atoms with Crippen molar-refractivity contribution >= 4 is 37.6 Å². The minimum Gasteiger partial charge on any atom is -0.326 e. The topological polar surface area (TPSA) is 138 Å². The van der Waals surface area contributed by atoms with E-state index in [1.807, 2.05) is 6.07 Å². The molecule has 0 saturated carbocycles. The monoisotopic (exact) mass is 543 g/mol. The third-order valence-corrected chi connectivity index (χ3v) is 9.24. The van der Waals surface area contributed by atoms with Crippen LogP contribution in [0.15, 0.2) is 65.6 Å². The van der Waals surface area contributed by atoms with Crippen molar-refractivity contribution in [1.82, 2.24) is 14.3 Å². The lowest BCUT2D eigenvalue weighted by Crippen LogP contribution is -2.41.